The van der Waals surface area contributed by atoms with Crippen LogP contribution in [0.25, 0.3) is 0 Å². The third kappa shape index (κ3) is 4.91. The van der Waals surface area contributed by atoms with E-state index in [0.29, 0.717) is 19.4 Å². The number of aliphatic hydroxyl groups is 1. The van der Waals surface area contributed by atoms with Crippen molar-refractivity contribution in [2.24, 2.45) is 0 Å². The fourth-order valence-corrected chi connectivity index (χ4v) is 1.91. The SMILES string of the molecule is CCC(O)CNC(=O)CC(C)c1ccccc1OC. The second-order valence-corrected chi connectivity index (χ2v) is 4.71. The number of carbonyl (C=O) groups excluding carboxylic acids is 1. The molecule has 106 valence electrons. The lowest BCUT2D eigenvalue weighted by Crippen LogP contribution is -2.32. The molecule has 4 nitrogen and oxygen atoms in total. The zero-order chi connectivity index (χ0) is 14.3. The van der Waals surface area contributed by atoms with E-state index in [-0.39, 0.29) is 11.8 Å². The number of hydrogen-bond acceptors (Lipinski definition) is 3. The van der Waals surface area contributed by atoms with Crippen molar-refractivity contribution in [2.45, 2.75) is 38.7 Å². The smallest absolute Gasteiger partial charge is 0.220 e. The van der Waals surface area contributed by atoms with Gasteiger partial charge in [0.05, 0.1) is 13.2 Å². The van der Waals surface area contributed by atoms with Crippen LogP contribution in [0.2, 0.25) is 0 Å². The summed E-state index contributed by atoms with van der Waals surface area (Å²) < 4.78 is 5.29. The molecule has 19 heavy (non-hydrogen) atoms. The first-order chi connectivity index (χ1) is 9.08. The highest BCUT2D eigenvalue weighted by atomic mass is 16.5. The topological polar surface area (TPSA) is 58.6 Å². The van der Waals surface area contributed by atoms with Crippen molar-refractivity contribution in [3.05, 3.63) is 29.8 Å². The van der Waals surface area contributed by atoms with Gasteiger partial charge in [0.15, 0.2) is 0 Å². The van der Waals surface area contributed by atoms with Crippen molar-refractivity contribution in [1.82, 2.24) is 5.32 Å². The van der Waals surface area contributed by atoms with Crippen LogP contribution in [0, 0.1) is 0 Å². The minimum absolute atomic E-state index is 0.0501. The van der Waals surface area contributed by atoms with Gasteiger partial charge in [0.2, 0.25) is 5.91 Å². The van der Waals surface area contributed by atoms with Gasteiger partial charge in [-0.3, -0.25) is 4.79 Å². The van der Waals surface area contributed by atoms with E-state index in [1.165, 1.54) is 0 Å². The van der Waals surface area contributed by atoms with Gasteiger partial charge in [-0.2, -0.15) is 0 Å². The van der Waals surface area contributed by atoms with Gasteiger partial charge in [-0.1, -0.05) is 32.0 Å². The lowest BCUT2D eigenvalue weighted by atomic mass is 9.96. The lowest BCUT2D eigenvalue weighted by molar-refractivity contribution is -0.121. The molecule has 0 bridgehead atoms. The van der Waals surface area contributed by atoms with Crippen molar-refractivity contribution in [3.63, 3.8) is 0 Å². The van der Waals surface area contributed by atoms with Crippen LogP contribution in [0.4, 0.5) is 0 Å². The van der Waals surface area contributed by atoms with Crippen LogP contribution in [0.5, 0.6) is 5.75 Å². The summed E-state index contributed by atoms with van der Waals surface area (Å²) in [7, 11) is 1.63. The zero-order valence-corrected chi connectivity index (χ0v) is 11.8. The molecule has 2 N–H and O–H groups in total. The van der Waals surface area contributed by atoms with E-state index in [4.69, 9.17) is 4.74 Å². The Balaban J connectivity index is 2.54. The number of aliphatic hydroxyl groups excluding tert-OH is 1. The van der Waals surface area contributed by atoms with Gasteiger partial charge in [0.25, 0.3) is 0 Å². The molecule has 0 saturated heterocycles. The molecular weight excluding hydrogens is 242 g/mol. The Morgan fingerprint density at radius 1 is 1.42 bits per heavy atom. The van der Waals surface area contributed by atoms with Crippen molar-refractivity contribution in [3.8, 4) is 5.75 Å². The largest absolute Gasteiger partial charge is 0.496 e. The van der Waals surface area contributed by atoms with Gasteiger partial charge in [0.1, 0.15) is 5.75 Å². The Kier molecular flexibility index (Phi) is 6.36. The van der Waals surface area contributed by atoms with Crippen LogP contribution in [0.1, 0.15) is 38.2 Å². The summed E-state index contributed by atoms with van der Waals surface area (Å²) in [5.74, 6) is 0.831. The predicted octanol–water partition coefficient (Wildman–Crippen LogP) is 2.08. The highest BCUT2D eigenvalue weighted by Gasteiger charge is 2.15. The van der Waals surface area contributed by atoms with Gasteiger partial charge in [-0.25, -0.2) is 0 Å². The molecule has 0 aliphatic heterocycles. The first kappa shape index (κ1) is 15.5. The standard InChI is InChI=1S/C15H23NO3/c1-4-12(17)10-16-15(18)9-11(2)13-7-5-6-8-14(13)19-3/h5-8,11-12,17H,4,9-10H2,1-3H3,(H,16,18). The Bertz CT molecular complexity index is 406. The normalized spacial score (nSPS) is 13.7. The minimum Gasteiger partial charge on any atom is -0.496 e. The van der Waals surface area contributed by atoms with Crippen molar-refractivity contribution in [2.75, 3.05) is 13.7 Å². The molecule has 0 saturated carbocycles. The maximum absolute atomic E-state index is 11.8. The van der Waals surface area contributed by atoms with Gasteiger partial charge >= 0.3 is 0 Å². The van der Waals surface area contributed by atoms with Gasteiger partial charge < -0.3 is 15.2 Å². The van der Waals surface area contributed by atoms with Crippen LogP contribution in [-0.4, -0.2) is 30.8 Å². The van der Waals surface area contributed by atoms with Crippen LogP contribution in [0.15, 0.2) is 24.3 Å². The molecule has 1 aromatic rings. The molecule has 0 aromatic heterocycles. The highest BCUT2D eigenvalue weighted by Crippen LogP contribution is 2.28. The van der Waals surface area contributed by atoms with Gasteiger partial charge in [-0.15, -0.1) is 0 Å². The van der Waals surface area contributed by atoms with E-state index in [1.54, 1.807) is 7.11 Å². The second-order valence-electron chi connectivity index (χ2n) is 4.71. The summed E-state index contributed by atoms with van der Waals surface area (Å²) in [6.07, 6.45) is 0.560. The van der Waals surface area contributed by atoms with E-state index in [1.807, 2.05) is 38.1 Å². The number of ether oxygens (including phenoxy) is 1. The predicted molar refractivity (Wildman–Crippen MR) is 75.3 cm³/mol. The molecule has 4 heteroatoms. The number of para-hydroxylation sites is 1. The first-order valence-electron chi connectivity index (χ1n) is 6.66. The monoisotopic (exact) mass is 265 g/mol. The van der Waals surface area contributed by atoms with E-state index in [2.05, 4.69) is 5.32 Å². The van der Waals surface area contributed by atoms with E-state index < -0.39 is 6.10 Å². The van der Waals surface area contributed by atoms with Crippen LogP contribution in [-0.2, 0) is 4.79 Å². The van der Waals surface area contributed by atoms with E-state index in [0.717, 1.165) is 11.3 Å². The summed E-state index contributed by atoms with van der Waals surface area (Å²) in [6.45, 7) is 4.19. The number of hydrogen-bond donors (Lipinski definition) is 2. The first-order valence-corrected chi connectivity index (χ1v) is 6.66. The highest BCUT2D eigenvalue weighted by molar-refractivity contribution is 5.77. The Morgan fingerprint density at radius 3 is 2.74 bits per heavy atom. The Morgan fingerprint density at radius 2 is 2.11 bits per heavy atom. The fourth-order valence-electron chi connectivity index (χ4n) is 1.91. The molecule has 2 atom stereocenters. The lowest BCUT2D eigenvalue weighted by Gasteiger charge is -2.16. The number of methoxy groups -OCH3 is 1. The van der Waals surface area contributed by atoms with Crippen LogP contribution >= 0.6 is 0 Å². The van der Waals surface area contributed by atoms with E-state index >= 15 is 0 Å². The number of nitrogens with one attached hydrogen (secondary N) is 1. The fraction of sp³-hybridized carbons (Fsp3) is 0.533. The van der Waals surface area contributed by atoms with Crippen molar-refractivity contribution >= 4 is 5.91 Å². The molecule has 0 spiro atoms. The molecule has 0 aliphatic rings. The Labute approximate surface area is 114 Å². The quantitative estimate of drug-likeness (QED) is 0.793. The maximum Gasteiger partial charge on any atom is 0.220 e. The minimum atomic E-state index is -0.467. The average molecular weight is 265 g/mol. The average Bonchev–Trinajstić information content (AvgIpc) is 2.44. The Hall–Kier alpha value is -1.55. The number of rotatable bonds is 7. The van der Waals surface area contributed by atoms with Gasteiger partial charge in [-0.05, 0) is 24.0 Å². The summed E-state index contributed by atoms with van der Waals surface area (Å²) in [4.78, 5) is 11.8. The summed E-state index contributed by atoms with van der Waals surface area (Å²) in [5, 5.41) is 12.1. The second kappa shape index (κ2) is 7.79. The summed E-state index contributed by atoms with van der Waals surface area (Å²) in [5.41, 5.74) is 1.02. The van der Waals surface area contributed by atoms with Crippen molar-refractivity contribution < 1.29 is 14.6 Å². The maximum atomic E-state index is 11.8. The van der Waals surface area contributed by atoms with Crippen LogP contribution < -0.4 is 10.1 Å². The summed E-state index contributed by atoms with van der Waals surface area (Å²) in [6, 6.07) is 7.71. The van der Waals surface area contributed by atoms with Crippen LogP contribution in [0.3, 0.4) is 0 Å². The molecular formula is C15H23NO3. The summed E-state index contributed by atoms with van der Waals surface area (Å²) >= 11 is 0. The van der Waals surface area contributed by atoms with Gasteiger partial charge in [0, 0.05) is 13.0 Å². The molecule has 0 aliphatic carbocycles. The van der Waals surface area contributed by atoms with E-state index in [9.17, 15) is 9.90 Å². The zero-order valence-electron chi connectivity index (χ0n) is 11.8. The molecule has 0 radical (unpaired) electrons. The molecule has 1 rings (SSSR count). The number of benzene rings is 1. The molecule has 2 unspecified atom stereocenters. The molecule has 1 aromatic carbocycles. The third-order valence-corrected chi connectivity index (χ3v) is 3.17. The molecule has 1 amide bonds. The number of carbonyl (C=O) groups is 1. The molecule has 0 heterocycles. The third-order valence-electron chi connectivity index (χ3n) is 3.17. The van der Waals surface area contributed by atoms with Crippen molar-refractivity contribution in [1.29, 1.82) is 0 Å². The molecule has 0 fully saturated rings. The number of amides is 1.